The van der Waals surface area contributed by atoms with Gasteiger partial charge in [-0.25, -0.2) is 4.98 Å². The van der Waals surface area contributed by atoms with Gasteiger partial charge < -0.3 is 4.40 Å². The van der Waals surface area contributed by atoms with Crippen molar-refractivity contribution < 1.29 is 0 Å². The van der Waals surface area contributed by atoms with Crippen LogP contribution in [0.1, 0.15) is 12.1 Å². The Morgan fingerprint density at radius 3 is 3.23 bits per heavy atom. The lowest BCUT2D eigenvalue weighted by Crippen LogP contribution is -1.92. The first kappa shape index (κ1) is 7.74. The van der Waals surface area contributed by atoms with E-state index in [1.807, 2.05) is 10.6 Å². The van der Waals surface area contributed by atoms with Crippen molar-refractivity contribution in [1.29, 1.82) is 5.26 Å². The van der Waals surface area contributed by atoms with Crippen molar-refractivity contribution >= 4 is 5.65 Å². The molecule has 2 aromatic heterocycles. The maximum atomic E-state index is 8.45. The van der Waals surface area contributed by atoms with Gasteiger partial charge in [-0.05, 0) is 0 Å². The van der Waals surface area contributed by atoms with Crippen LogP contribution in [0, 0.1) is 11.3 Å². The molecule has 0 unspecified atom stereocenters. The summed E-state index contributed by atoms with van der Waals surface area (Å²) in [5.74, 6) is 0. The summed E-state index contributed by atoms with van der Waals surface area (Å²) < 4.78 is 1.95. The summed E-state index contributed by atoms with van der Waals surface area (Å²) in [4.78, 5) is 8.12. The first-order chi connectivity index (χ1) is 6.42. The lowest BCUT2D eigenvalue weighted by atomic mass is 10.3. The number of nitriles is 1. The van der Waals surface area contributed by atoms with Gasteiger partial charge in [0.05, 0.1) is 12.3 Å². The van der Waals surface area contributed by atoms with Crippen LogP contribution in [0.5, 0.6) is 0 Å². The number of hydrogen-bond acceptors (Lipinski definition) is 3. The van der Waals surface area contributed by atoms with Gasteiger partial charge in [0.2, 0.25) is 0 Å². The Bertz CT molecular complexity index is 452. The third-order valence-electron chi connectivity index (χ3n) is 1.89. The summed E-state index contributed by atoms with van der Waals surface area (Å²) in [7, 11) is 0. The molecule has 0 atom stereocenters. The number of aromatic nitrogens is 3. The Labute approximate surface area is 75.5 Å². The predicted molar refractivity (Wildman–Crippen MR) is 46.9 cm³/mol. The summed E-state index contributed by atoms with van der Waals surface area (Å²) in [6.07, 6.45) is 8.32. The summed E-state index contributed by atoms with van der Waals surface area (Å²) >= 11 is 0. The Kier molecular flexibility index (Phi) is 1.93. The van der Waals surface area contributed by atoms with Crippen LogP contribution in [0.2, 0.25) is 0 Å². The molecule has 13 heavy (non-hydrogen) atoms. The van der Waals surface area contributed by atoms with Crippen LogP contribution in [0.4, 0.5) is 0 Å². The average molecular weight is 172 g/mol. The number of imidazole rings is 1. The second-order valence-corrected chi connectivity index (χ2v) is 2.71. The maximum Gasteiger partial charge on any atom is 0.155 e. The standard InChI is InChI=1S/C9H8N4/c10-3-1-2-8-6-12-9-7-11-4-5-13(8)9/h4-7H,1-2H2. The van der Waals surface area contributed by atoms with E-state index in [0.29, 0.717) is 6.42 Å². The van der Waals surface area contributed by atoms with Crippen molar-refractivity contribution in [1.82, 2.24) is 14.4 Å². The summed E-state index contributed by atoms with van der Waals surface area (Å²) in [6, 6.07) is 2.11. The molecule has 4 nitrogen and oxygen atoms in total. The molecule has 0 aliphatic carbocycles. The van der Waals surface area contributed by atoms with E-state index in [-0.39, 0.29) is 0 Å². The van der Waals surface area contributed by atoms with E-state index in [1.54, 1.807) is 18.6 Å². The fourth-order valence-corrected chi connectivity index (χ4v) is 1.26. The number of rotatable bonds is 2. The molecule has 0 saturated carbocycles. The van der Waals surface area contributed by atoms with Gasteiger partial charge in [-0.3, -0.25) is 4.98 Å². The van der Waals surface area contributed by atoms with Crippen molar-refractivity contribution in [2.45, 2.75) is 12.8 Å². The molecular weight excluding hydrogens is 164 g/mol. The lowest BCUT2D eigenvalue weighted by Gasteiger charge is -1.96. The second-order valence-electron chi connectivity index (χ2n) is 2.71. The zero-order valence-electron chi connectivity index (χ0n) is 7.01. The topological polar surface area (TPSA) is 54.0 Å². The van der Waals surface area contributed by atoms with Crippen LogP contribution in [0.25, 0.3) is 5.65 Å². The Morgan fingerprint density at radius 1 is 1.46 bits per heavy atom. The minimum Gasteiger partial charge on any atom is -0.301 e. The first-order valence-electron chi connectivity index (χ1n) is 4.05. The monoisotopic (exact) mass is 172 g/mol. The average Bonchev–Trinajstić information content (AvgIpc) is 2.58. The fourth-order valence-electron chi connectivity index (χ4n) is 1.26. The maximum absolute atomic E-state index is 8.45. The van der Waals surface area contributed by atoms with Gasteiger partial charge in [0.15, 0.2) is 5.65 Å². The van der Waals surface area contributed by atoms with E-state index in [1.165, 1.54) is 0 Å². The highest BCUT2D eigenvalue weighted by Crippen LogP contribution is 2.06. The Hall–Kier alpha value is -1.89. The molecule has 64 valence electrons. The fraction of sp³-hybridized carbons (Fsp3) is 0.222. The highest BCUT2D eigenvalue weighted by molar-refractivity contribution is 5.36. The minimum atomic E-state index is 0.524. The van der Waals surface area contributed by atoms with E-state index >= 15 is 0 Å². The first-order valence-corrected chi connectivity index (χ1v) is 4.05. The van der Waals surface area contributed by atoms with E-state index in [9.17, 15) is 0 Å². The third kappa shape index (κ3) is 1.36. The Morgan fingerprint density at radius 2 is 2.38 bits per heavy atom. The zero-order valence-corrected chi connectivity index (χ0v) is 7.01. The Balaban J connectivity index is 2.41. The van der Waals surface area contributed by atoms with Crippen molar-refractivity contribution in [3.63, 3.8) is 0 Å². The van der Waals surface area contributed by atoms with E-state index in [0.717, 1.165) is 17.8 Å². The molecule has 2 aromatic rings. The van der Waals surface area contributed by atoms with Crippen LogP contribution < -0.4 is 0 Å². The van der Waals surface area contributed by atoms with E-state index in [2.05, 4.69) is 16.0 Å². The highest BCUT2D eigenvalue weighted by Gasteiger charge is 2.00. The van der Waals surface area contributed by atoms with Crippen molar-refractivity contribution in [2.24, 2.45) is 0 Å². The number of hydrogen-bond donors (Lipinski definition) is 0. The number of aryl methyl sites for hydroxylation is 1. The van der Waals surface area contributed by atoms with Crippen LogP contribution >= 0.6 is 0 Å². The van der Waals surface area contributed by atoms with E-state index in [4.69, 9.17) is 5.26 Å². The normalized spacial score (nSPS) is 10.1. The van der Waals surface area contributed by atoms with Gasteiger partial charge in [0, 0.05) is 37.1 Å². The SMILES string of the molecule is N#CCCc1cnc2cnccn12. The molecule has 0 aliphatic rings. The molecule has 0 radical (unpaired) electrons. The van der Waals surface area contributed by atoms with Crippen molar-refractivity contribution in [3.8, 4) is 6.07 Å². The molecule has 0 aromatic carbocycles. The third-order valence-corrected chi connectivity index (χ3v) is 1.89. The minimum absolute atomic E-state index is 0.524. The van der Waals surface area contributed by atoms with Crippen LogP contribution in [0.15, 0.2) is 24.8 Å². The molecule has 0 spiro atoms. The van der Waals surface area contributed by atoms with Crippen LogP contribution in [-0.4, -0.2) is 14.4 Å². The molecule has 0 N–H and O–H groups in total. The van der Waals surface area contributed by atoms with Gasteiger partial charge in [0.1, 0.15) is 0 Å². The summed E-state index contributed by atoms with van der Waals surface area (Å²) in [5.41, 5.74) is 1.88. The zero-order chi connectivity index (χ0) is 9.10. The smallest absolute Gasteiger partial charge is 0.155 e. The molecule has 0 bridgehead atoms. The van der Waals surface area contributed by atoms with Crippen molar-refractivity contribution in [3.05, 3.63) is 30.5 Å². The number of nitrogens with zero attached hydrogens (tertiary/aromatic N) is 4. The molecule has 2 rings (SSSR count). The van der Waals surface area contributed by atoms with Gasteiger partial charge in [-0.15, -0.1) is 0 Å². The molecular formula is C9H8N4. The molecule has 2 heterocycles. The highest BCUT2D eigenvalue weighted by atomic mass is 15.0. The van der Waals surface area contributed by atoms with Crippen LogP contribution in [-0.2, 0) is 6.42 Å². The van der Waals surface area contributed by atoms with Gasteiger partial charge in [-0.2, -0.15) is 5.26 Å². The van der Waals surface area contributed by atoms with Crippen LogP contribution in [0.3, 0.4) is 0 Å². The van der Waals surface area contributed by atoms with E-state index < -0.39 is 0 Å². The van der Waals surface area contributed by atoms with Crippen molar-refractivity contribution in [2.75, 3.05) is 0 Å². The quantitative estimate of drug-likeness (QED) is 0.683. The van der Waals surface area contributed by atoms with Gasteiger partial charge in [-0.1, -0.05) is 0 Å². The number of fused-ring (bicyclic) bond motifs is 1. The summed E-state index contributed by atoms with van der Waals surface area (Å²) in [5, 5.41) is 8.45. The molecule has 0 fully saturated rings. The second kappa shape index (κ2) is 3.23. The molecule has 0 saturated heterocycles. The van der Waals surface area contributed by atoms with Gasteiger partial charge in [0.25, 0.3) is 0 Å². The molecule has 0 amide bonds. The predicted octanol–water partition coefficient (Wildman–Crippen LogP) is 1.19. The molecule has 4 heteroatoms. The largest absolute Gasteiger partial charge is 0.301 e. The van der Waals surface area contributed by atoms with Gasteiger partial charge >= 0.3 is 0 Å². The lowest BCUT2D eigenvalue weighted by molar-refractivity contribution is 0.923. The summed E-state index contributed by atoms with van der Waals surface area (Å²) in [6.45, 7) is 0. The molecule has 0 aliphatic heterocycles.